The number of nitrogens with zero attached hydrogens (tertiary/aromatic N) is 2. The molecule has 96 valence electrons. The smallest absolute Gasteiger partial charge is 0.425 e. The molecule has 4 heteroatoms. The average molecular weight is 238 g/mol. The molecule has 1 saturated heterocycles. The Hall–Kier alpha value is -1.03. The minimum atomic E-state index is -0.405. The van der Waals surface area contributed by atoms with Crippen molar-refractivity contribution in [2.24, 2.45) is 5.92 Å². The molecule has 0 aromatic heterocycles. The second-order valence-corrected chi connectivity index (χ2v) is 5.84. The molecular weight excluding hydrogens is 216 g/mol. The zero-order valence-corrected chi connectivity index (χ0v) is 11.4. The highest BCUT2D eigenvalue weighted by Gasteiger charge is 2.67. The molecule has 0 radical (unpaired) electrons. The number of carbonyl (C=O) groups is 1. The van der Waals surface area contributed by atoms with E-state index in [0.717, 1.165) is 18.4 Å². The summed E-state index contributed by atoms with van der Waals surface area (Å²) in [5.41, 5.74) is 0.401. The lowest BCUT2D eigenvalue weighted by atomic mass is 9.77. The molecule has 4 nitrogen and oxygen atoms in total. The van der Waals surface area contributed by atoms with E-state index in [1.807, 2.05) is 33.0 Å². The first-order valence-electron chi connectivity index (χ1n) is 6.10. The van der Waals surface area contributed by atoms with Gasteiger partial charge >= 0.3 is 6.09 Å². The van der Waals surface area contributed by atoms with E-state index < -0.39 is 5.60 Å². The van der Waals surface area contributed by atoms with Crippen molar-refractivity contribution in [3.05, 3.63) is 12.2 Å². The molecule has 2 rings (SSSR count). The lowest BCUT2D eigenvalue weighted by Crippen LogP contribution is -2.59. The maximum Gasteiger partial charge on any atom is 0.425 e. The van der Waals surface area contributed by atoms with Crippen molar-refractivity contribution >= 4 is 6.09 Å². The maximum absolute atomic E-state index is 12.0. The van der Waals surface area contributed by atoms with Crippen LogP contribution >= 0.6 is 0 Å². The predicted octanol–water partition coefficient (Wildman–Crippen LogP) is 2.42. The van der Waals surface area contributed by atoms with Crippen LogP contribution in [-0.2, 0) is 4.74 Å². The van der Waals surface area contributed by atoms with Gasteiger partial charge in [0.2, 0.25) is 0 Å². The van der Waals surface area contributed by atoms with E-state index in [9.17, 15) is 4.79 Å². The van der Waals surface area contributed by atoms with E-state index in [1.165, 1.54) is 0 Å². The molecule has 0 N–H and O–H groups in total. The summed E-state index contributed by atoms with van der Waals surface area (Å²) in [6.45, 7) is 10.3. The number of hydrogen-bond donors (Lipinski definition) is 0. The molecule has 1 amide bonds. The number of ether oxygens (including phenoxy) is 1. The van der Waals surface area contributed by atoms with Gasteiger partial charge in [-0.05, 0) is 33.6 Å². The maximum atomic E-state index is 12.0. The van der Waals surface area contributed by atoms with Crippen LogP contribution in [0.5, 0.6) is 0 Å². The Kier molecular flexibility index (Phi) is 2.54. The number of amides is 1. The highest BCUT2D eigenvalue weighted by Crippen LogP contribution is 2.55. The van der Waals surface area contributed by atoms with E-state index in [-0.39, 0.29) is 11.6 Å². The summed E-state index contributed by atoms with van der Waals surface area (Å²) in [5, 5.41) is 3.58. The molecule has 0 bridgehead atoms. The van der Waals surface area contributed by atoms with Crippen molar-refractivity contribution < 1.29 is 9.53 Å². The van der Waals surface area contributed by atoms with Gasteiger partial charge in [-0.2, -0.15) is 0 Å². The fourth-order valence-electron chi connectivity index (χ4n) is 3.58. The van der Waals surface area contributed by atoms with E-state index >= 15 is 0 Å². The first kappa shape index (κ1) is 12.4. The SMILES string of the molecule is C=C(C)[C@@H]1CC[C@]2(C)OC(=O)N(N(C)C)[C@@]12C. The number of rotatable bonds is 2. The molecular formula is C13H22N2O2. The molecule has 1 heterocycles. The Morgan fingerprint density at radius 1 is 1.53 bits per heavy atom. The van der Waals surface area contributed by atoms with Crippen LogP contribution in [0.1, 0.15) is 33.6 Å². The summed E-state index contributed by atoms with van der Waals surface area (Å²) in [6.07, 6.45) is 1.68. The van der Waals surface area contributed by atoms with Gasteiger partial charge in [-0.1, -0.05) is 12.2 Å². The van der Waals surface area contributed by atoms with Gasteiger partial charge in [-0.25, -0.2) is 14.8 Å². The Labute approximate surface area is 103 Å². The minimum absolute atomic E-state index is 0.244. The van der Waals surface area contributed by atoms with Crippen LogP contribution in [0.4, 0.5) is 4.79 Å². The van der Waals surface area contributed by atoms with Crippen LogP contribution in [0.2, 0.25) is 0 Å². The molecule has 0 aromatic rings. The van der Waals surface area contributed by atoms with Gasteiger partial charge in [0.1, 0.15) is 11.1 Å². The van der Waals surface area contributed by atoms with Crippen LogP contribution < -0.4 is 0 Å². The molecule has 0 unspecified atom stereocenters. The first-order chi connectivity index (χ1) is 7.74. The fourth-order valence-corrected chi connectivity index (χ4v) is 3.58. The van der Waals surface area contributed by atoms with Gasteiger partial charge in [-0.15, -0.1) is 0 Å². The zero-order valence-electron chi connectivity index (χ0n) is 11.4. The zero-order chi connectivity index (χ0) is 13.0. The summed E-state index contributed by atoms with van der Waals surface area (Å²) in [5.74, 6) is 0.293. The van der Waals surface area contributed by atoms with Gasteiger partial charge in [0.25, 0.3) is 0 Å². The fraction of sp³-hybridized carbons (Fsp3) is 0.769. The van der Waals surface area contributed by atoms with E-state index in [0.29, 0.717) is 5.92 Å². The summed E-state index contributed by atoms with van der Waals surface area (Å²) >= 11 is 0. The van der Waals surface area contributed by atoms with Gasteiger partial charge in [0, 0.05) is 20.0 Å². The van der Waals surface area contributed by atoms with Crippen LogP contribution in [0.15, 0.2) is 12.2 Å². The Morgan fingerprint density at radius 3 is 2.59 bits per heavy atom. The van der Waals surface area contributed by atoms with Crippen LogP contribution in [0.3, 0.4) is 0 Å². The summed E-state index contributed by atoms with van der Waals surface area (Å²) < 4.78 is 5.63. The Bertz CT molecular complexity index is 380. The highest BCUT2D eigenvalue weighted by molar-refractivity contribution is 5.73. The average Bonchev–Trinajstić information content (AvgIpc) is 2.48. The van der Waals surface area contributed by atoms with Gasteiger partial charge in [0.05, 0.1) is 0 Å². The number of carbonyl (C=O) groups excluding carboxylic acids is 1. The number of fused-ring (bicyclic) bond motifs is 1. The summed E-state index contributed by atoms with van der Waals surface area (Å²) in [7, 11) is 3.76. The summed E-state index contributed by atoms with van der Waals surface area (Å²) in [6, 6.07) is 0. The predicted molar refractivity (Wildman–Crippen MR) is 66.4 cm³/mol. The normalized spacial score (nSPS) is 40.7. The first-order valence-corrected chi connectivity index (χ1v) is 6.10. The molecule has 0 aromatic carbocycles. The van der Waals surface area contributed by atoms with Crippen molar-refractivity contribution in [2.75, 3.05) is 14.1 Å². The molecule has 1 aliphatic heterocycles. The van der Waals surface area contributed by atoms with Crippen molar-refractivity contribution in [3.63, 3.8) is 0 Å². The Morgan fingerprint density at radius 2 is 2.12 bits per heavy atom. The lowest BCUT2D eigenvalue weighted by Gasteiger charge is -2.43. The van der Waals surface area contributed by atoms with Crippen molar-refractivity contribution in [1.29, 1.82) is 0 Å². The molecule has 0 spiro atoms. The third-order valence-corrected chi connectivity index (χ3v) is 4.58. The van der Waals surface area contributed by atoms with Gasteiger partial charge in [-0.3, -0.25) is 0 Å². The van der Waals surface area contributed by atoms with E-state index in [1.54, 1.807) is 5.01 Å². The van der Waals surface area contributed by atoms with Crippen molar-refractivity contribution in [1.82, 2.24) is 10.0 Å². The lowest BCUT2D eigenvalue weighted by molar-refractivity contribution is -0.0429. The van der Waals surface area contributed by atoms with Crippen LogP contribution in [0, 0.1) is 5.92 Å². The molecule has 3 atom stereocenters. The molecule has 1 aliphatic carbocycles. The largest absolute Gasteiger partial charge is 0.440 e. The molecule has 1 saturated carbocycles. The van der Waals surface area contributed by atoms with Gasteiger partial charge in [0.15, 0.2) is 0 Å². The molecule has 2 fully saturated rings. The standard InChI is InChI=1S/C13H22N2O2/c1-9(2)10-7-8-12(3)13(10,4)15(14(5)6)11(16)17-12/h10H,1,7-8H2,2-6H3/t10-,12-,13-/m0/s1. The Balaban J connectivity index is 2.50. The molecule has 2 aliphatic rings. The second kappa shape index (κ2) is 3.48. The topological polar surface area (TPSA) is 32.8 Å². The van der Waals surface area contributed by atoms with Crippen LogP contribution in [-0.4, -0.2) is 41.3 Å². The van der Waals surface area contributed by atoms with E-state index in [4.69, 9.17) is 4.74 Å². The summed E-state index contributed by atoms with van der Waals surface area (Å²) in [4.78, 5) is 12.0. The monoisotopic (exact) mass is 238 g/mol. The second-order valence-electron chi connectivity index (χ2n) is 5.84. The van der Waals surface area contributed by atoms with Crippen molar-refractivity contribution in [3.8, 4) is 0 Å². The minimum Gasteiger partial charge on any atom is -0.440 e. The molecule has 17 heavy (non-hydrogen) atoms. The van der Waals surface area contributed by atoms with Crippen LogP contribution in [0.25, 0.3) is 0 Å². The number of hydrazine groups is 1. The van der Waals surface area contributed by atoms with Crippen molar-refractivity contribution in [2.45, 2.75) is 44.8 Å². The van der Waals surface area contributed by atoms with E-state index in [2.05, 4.69) is 13.5 Å². The quantitative estimate of drug-likeness (QED) is 0.693. The number of hydrogen-bond acceptors (Lipinski definition) is 3. The highest BCUT2D eigenvalue weighted by atomic mass is 16.6. The van der Waals surface area contributed by atoms with Gasteiger partial charge < -0.3 is 4.74 Å². The third-order valence-electron chi connectivity index (χ3n) is 4.58. The third kappa shape index (κ3) is 1.36.